The number of ether oxygens (including phenoxy) is 2. The van der Waals surface area contributed by atoms with Gasteiger partial charge in [0.2, 0.25) is 0 Å². The number of nitro groups is 1. The van der Waals surface area contributed by atoms with Crippen molar-refractivity contribution in [2.24, 2.45) is 0 Å². The van der Waals surface area contributed by atoms with Gasteiger partial charge < -0.3 is 14.5 Å². The van der Waals surface area contributed by atoms with Gasteiger partial charge in [0.1, 0.15) is 5.69 Å². The van der Waals surface area contributed by atoms with E-state index in [2.05, 4.69) is 4.98 Å². The molecule has 24 heavy (non-hydrogen) atoms. The molecule has 0 aliphatic rings. The van der Waals surface area contributed by atoms with Crippen molar-refractivity contribution in [1.82, 2.24) is 9.97 Å². The van der Waals surface area contributed by atoms with Crippen LogP contribution in [0.15, 0.2) is 27.8 Å². The van der Waals surface area contributed by atoms with Crippen LogP contribution in [0.2, 0.25) is 0 Å². The molecule has 0 spiro atoms. The van der Waals surface area contributed by atoms with E-state index >= 15 is 0 Å². The average Bonchev–Trinajstić information content (AvgIpc) is 2.53. The molecular weight excluding hydrogens is 318 g/mol. The first kappa shape index (κ1) is 17.0. The predicted octanol–water partition coefficient (Wildman–Crippen LogP) is 1.55. The van der Waals surface area contributed by atoms with Gasteiger partial charge in [0.15, 0.2) is 11.5 Å². The molecule has 0 amide bonds. The lowest BCUT2D eigenvalue weighted by Gasteiger charge is -2.09. The number of hydrogen-bond donors (Lipinski definition) is 2. The summed E-state index contributed by atoms with van der Waals surface area (Å²) in [5.41, 5.74) is -2.17. The number of H-pyrrole nitrogens is 2. The summed E-state index contributed by atoms with van der Waals surface area (Å²) in [5.74, 6) is 1.06. The van der Waals surface area contributed by atoms with Gasteiger partial charge in [-0.2, -0.15) is 0 Å². The highest BCUT2D eigenvalue weighted by atomic mass is 16.6. The Hall–Kier alpha value is -3.36. The lowest BCUT2D eigenvalue weighted by atomic mass is 10.1. The SMILES string of the molecule is CCOc1ccc(/C=C\c2[nH]c(=O)[nH]c(=O)c2[N+](=O)[O-])cc1OC. The molecule has 1 heterocycles. The van der Waals surface area contributed by atoms with Gasteiger partial charge in [-0.15, -0.1) is 0 Å². The molecule has 0 atom stereocenters. The van der Waals surface area contributed by atoms with Gasteiger partial charge in [0.25, 0.3) is 0 Å². The summed E-state index contributed by atoms with van der Waals surface area (Å²) in [7, 11) is 1.49. The second-order valence-electron chi connectivity index (χ2n) is 4.60. The van der Waals surface area contributed by atoms with Crippen molar-refractivity contribution in [2.75, 3.05) is 13.7 Å². The zero-order valence-electron chi connectivity index (χ0n) is 13.0. The Morgan fingerprint density at radius 3 is 2.58 bits per heavy atom. The predicted molar refractivity (Wildman–Crippen MR) is 87.4 cm³/mol. The lowest BCUT2D eigenvalue weighted by Crippen LogP contribution is -2.25. The Kier molecular flexibility index (Phi) is 5.15. The molecule has 2 N–H and O–H groups in total. The van der Waals surface area contributed by atoms with Crippen molar-refractivity contribution in [3.63, 3.8) is 0 Å². The Labute approximate surface area is 135 Å². The van der Waals surface area contributed by atoms with Gasteiger partial charge in [-0.1, -0.05) is 12.1 Å². The van der Waals surface area contributed by atoms with Crippen molar-refractivity contribution in [2.45, 2.75) is 6.92 Å². The molecule has 0 bridgehead atoms. The zero-order valence-corrected chi connectivity index (χ0v) is 13.0. The number of nitrogens with zero attached hydrogens (tertiary/aromatic N) is 1. The fourth-order valence-corrected chi connectivity index (χ4v) is 2.04. The molecular formula is C15H15N3O6. The van der Waals surface area contributed by atoms with Gasteiger partial charge in [-0.25, -0.2) is 4.79 Å². The number of rotatable bonds is 6. The quantitative estimate of drug-likeness (QED) is 0.610. The summed E-state index contributed by atoms with van der Waals surface area (Å²) in [4.78, 5) is 37.0. The molecule has 0 saturated carbocycles. The smallest absolute Gasteiger partial charge is 0.357 e. The molecule has 2 rings (SSSR count). The molecule has 126 valence electrons. The fraction of sp³-hybridized carbons (Fsp3) is 0.200. The number of benzene rings is 1. The molecule has 0 unspecified atom stereocenters. The van der Waals surface area contributed by atoms with Crippen LogP contribution in [0.4, 0.5) is 5.69 Å². The summed E-state index contributed by atoms with van der Waals surface area (Å²) in [6.07, 6.45) is 2.79. The molecule has 0 aliphatic heterocycles. The van der Waals surface area contributed by atoms with E-state index in [0.717, 1.165) is 0 Å². The monoisotopic (exact) mass is 333 g/mol. The van der Waals surface area contributed by atoms with Crippen LogP contribution in [-0.2, 0) is 0 Å². The maximum Gasteiger partial charge on any atom is 0.357 e. The first-order valence-electron chi connectivity index (χ1n) is 6.96. The van der Waals surface area contributed by atoms with E-state index in [9.17, 15) is 19.7 Å². The van der Waals surface area contributed by atoms with Crippen LogP contribution < -0.4 is 20.7 Å². The van der Waals surface area contributed by atoms with Crippen LogP contribution in [0.25, 0.3) is 12.2 Å². The third-order valence-corrected chi connectivity index (χ3v) is 3.06. The first-order valence-corrected chi connectivity index (χ1v) is 6.96. The molecule has 1 aromatic carbocycles. The summed E-state index contributed by atoms with van der Waals surface area (Å²) < 4.78 is 10.6. The van der Waals surface area contributed by atoms with E-state index in [1.54, 1.807) is 18.2 Å². The van der Waals surface area contributed by atoms with Gasteiger partial charge in [-0.05, 0) is 30.7 Å². The van der Waals surface area contributed by atoms with Crippen molar-refractivity contribution < 1.29 is 14.4 Å². The Morgan fingerprint density at radius 2 is 1.96 bits per heavy atom. The highest BCUT2D eigenvalue weighted by molar-refractivity contribution is 5.72. The highest BCUT2D eigenvalue weighted by Crippen LogP contribution is 2.28. The van der Waals surface area contributed by atoms with Crippen LogP contribution in [-0.4, -0.2) is 28.6 Å². The largest absolute Gasteiger partial charge is 0.493 e. The normalized spacial score (nSPS) is 10.8. The topological polar surface area (TPSA) is 127 Å². The zero-order chi connectivity index (χ0) is 17.7. The molecule has 9 heteroatoms. The molecule has 0 aliphatic carbocycles. The van der Waals surface area contributed by atoms with E-state index in [1.165, 1.54) is 19.3 Å². The minimum Gasteiger partial charge on any atom is -0.493 e. The third kappa shape index (κ3) is 3.69. The highest BCUT2D eigenvalue weighted by Gasteiger charge is 2.18. The number of methoxy groups -OCH3 is 1. The molecule has 1 aromatic heterocycles. The maximum atomic E-state index is 11.5. The maximum absolute atomic E-state index is 11.5. The summed E-state index contributed by atoms with van der Waals surface area (Å²) in [6, 6.07) is 5.07. The minimum atomic E-state index is -1.06. The van der Waals surface area contributed by atoms with Crippen LogP contribution >= 0.6 is 0 Å². The average molecular weight is 333 g/mol. The number of aromatic nitrogens is 2. The minimum absolute atomic E-state index is 0.193. The summed E-state index contributed by atoms with van der Waals surface area (Å²) in [5, 5.41) is 11.0. The van der Waals surface area contributed by atoms with Gasteiger partial charge in [0, 0.05) is 0 Å². The van der Waals surface area contributed by atoms with E-state index in [-0.39, 0.29) is 5.69 Å². The Balaban J connectivity index is 2.43. The second-order valence-corrected chi connectivity index (χ2v) is 4.60. The van der Waals surface area contributed by atoms with E-state index in [1.807, 2.05) is 11.9 Å². The summed E-state index contributed by atoms with van der Waals surface area (Å²) >= 11 is 0. The van der Waals surface area contributed by atoms with Crippen molar-refractivity contribution in [3.05, 3.63) is 60.4 Å². The number of aromatic amines is 2. The molecule has 0 fully saturated rings. The van der Waals surface area contributed by atoms with Gasteiger partial charge >= 0.3 is 16.9 Å². The molecule has 2 aromatic rings. The van der Waals surface area contributed by atoms with Crippen molar-refractivity contribution in [1.29, 1.82) is 0 Å². The van der Waals surface area contributed by atoms with Gasteiger partial charge in [0.05, 0.1) is 18.6 Å². The second kappa shape index (κ2) is 7.27. The van der Waals surface area contributed by atoms with Crippen LogP contribution in [0.3, 0.4) is 0 Å². The van der Waals surface area contributed by atoms with Crippen molar-refractivity contribution >= 4 is 17.8 Å². The standard InChI is InChI=1S/C15H15N3O6/c1-3-24-11-7-5-9(8-12(11)23-2)4-6-10-13(18(21)22)14(19)17-15(20)16-10/h4-8H,3H2,1-2H3,(H2,16,17,19,20)/b6-4-. The number of nitrogens with one attached hydrogen (secondary N) is 2. The van der Waals surface area contributed by atoms with Crippen molar-refractivity contribution in [3.8, 4) is 11.5 Å². The van der Waals surface area contributed by atoms with E-state index in [4.69, 9.17) is 9.47 Å². The fourth-order valence-electron chi connectivity index (χ4n) is 2.04. The molecule has 0 saturated heterocycles. The van der Waals surface area contributed by atoms with E-state index < -0.39 is 21.9 Å². The lowest BCUT2D eigenvalue weighted by molar-refractivity contribution is -0.386. The van der Waals surface area contributed by atoms with Crippen LogP contribution in [0.1, 0.15) is 18.2 Å². The number of hydrogen-bond acceptors (Lipinski definition) is 6. The van der Waals surface area contributed by atoms with Crippen LogP contribution in [0, 0.1) is 10.1 Å². The Morgan fingerprint density at radius 1 is 1.21 bits per heavy atom. The van der Waals surface area contributed by atoms with Gasteiger partial charge in [-0.3, -0.25) is 19.9 Å². The van der Waals surface area contributed by atoms with E-state index in [0.29, 0.717) is 23.7 Å². The van der Waals surface area contributed by atoms with Crippen LogP contribution in [0.5, 0.6) is 11.5 Å². The Bertz CT molecular complexity index is 897. The molecule has 0 radical (unpaired) electrons. The summed E-state index contributed by atoms with van der Waals surface area (Å²) in [6.45, 7) is 2.32. The molecule has 9 nitrogen and oxygen atoms in total. The third-order valence-electron chi connectivity index (χ3n) is 3.06. The first-order chi connectivity index (χ1) is 11.5.